The molecule has 0 aromatic rings. The summed E-state index contributed by atoms with van der Waals surface area (Å²) in [6.45, 7) is 1.25. The number of carbonyl (C=O) groups is 2. The summed E-state index contributed by atoms with van der Waals surface area (Å²) < 4.78 is 0. The molecule has 0 aliphatic rings. The van der Waals surface area contributed by atoms with Crippen molar-refractivity contribution in [3.8, 4) is 0 Å². The number of ketones is 1. The number of likely N-dealkylation sites (N-methyl/N-ethyl adjacent to an activating group) is 1. The summed E-state index contributed by atoms with van der Waals surface area (Å²) in [6.07, 6.45) is 0. The highest BCUT2D eigenvalue weighted by Gasteiger charge is 2.07. The molecule has 0 saturated heterocycles. The Morgan fingerprint density at radius 2 is 1.62 bits per heavy atom. The van der Waals surface area contributed by atoms with Crippen molar-refractivity contribution in [2.24, 2.45) is 0 Å². The maximum Gasteiger partial charge on any atom is 0.289 e. The summed E-state index contributed by atoms with van der Waals surface area (Å²) >= 11 is 0. The second-order valence-corrected chi connectivity index (χ2v) is 1.76. The van der Waals surface area contributed by atoms with Gasteiger partial charge in [0.25, 0.3) is 5.91 Å². The fourth-order valence-electron chi connectivity index (χ4n) is 0.315. The van der Waals surface area contributed by atoms with E-state index in [1.807, 2.05) is 0 Å². The molecule has 3 nitrogen and oxygen atoms in total. The summed E-state index contributed by atoms with van der Waals surface area (Å²) in [5, 5.41) is 0. The van der Waals surface area contributed by atoms with E-state index in [-0.39, 0.29) is 0 Å². The lowest BCUT2D eigenvalue weighted by atomic mass is 10.4. The Labute approximate surface area is 48.3 Å². The Bertz CT molecular complexity index is 118. The van der Waals surface area contributed by atoms with Crippen molar-refractivity contribution in [2.45, 2.75) is 6.92 Å². The molecule has 0 rings (SSSR count). The van der Waals surface area contributed by atoms with E-state index in [1.54, 1.807) is 14.1 Å². The van der Waals surface area contributed by atoms with Crippen LogP contribution in [0.2, 0.25) is 0 Å². The number of hydrogen-bond acceptors (Lipinski definition) is 2. The van der Waals surface area contributed by atoms with Crippen LogP contribution in [0.4, 0.5) is 0 Å². The third-order valence-corrected chi connectivity index (χ3v) is 0.707. The van der Waals surface area contributed by atoms with E-state index in [0.717, 1.165) is 0 Å². The molecule has 3 heteroatoms. The molecule has 0 aliphatic heterocycles. The molecule has 0 spiro atoms. The van der Waals surface area contributed by atoms with Crippen LogP contribution in [0.5, 0.6) is 0 Å². The van der Waals surface area contributed by atoms with Gasteiger partial charge in [-0.25, -0.2) is 0 Å². The van der Waals surface area contributed by atoms with Crippen molar-refractivity contribution in [1.82, 2.24) is 4.90 Å². The fraction of sp³-hybridized carbons (Fsp3) is 0.600. The van der Waals surface area contributed by atoms with Gasteiger partial charge in [0.1, 0.15) is 0 Å². The third kappa shape index (κ3) is 1.73. The summed E-state index contributed by atoms with van der Waals surface area (Å²) in [4.78, 5) is 21.9. The van der Waals surface area contributed by atoms with Crippen molar-refractivity contribution < 1.29 is 9.59 Å². The monoisotopic (exact) mass is 117 g/mol. The van der Waals surface area contributed by atoms with Gasteiger partial charge in [0.2, 0.25) is 5.78 Å². The largest absolute Gasteiger partial charge is 0.342 e. The molecule has 8 heavy (non-hydrogen) atoms. The van der Waals surface area contributed by atoms with E-state index in [4.69, 9.17) is 0 Å². The standard InChI is InChI=1S/C5H9NO2/c1-4(7)5(8)6(2)3/h1-3H3/i2+1,3+1. The van der Waals surface area contributed by atoms with Crippen molar-refractivity contribution in [3.63, 3.8) is 0 Å². The molecule has 0 unspecified atom stereocenters. The van der Waals surface area contributed by atoms with Crippen LogP contribution in [0.15, 0.2) is 0 Å². The molecule has 0 aromatic carbocycles. The maximum absolute atomic E-state index is 10.4. The molecule has 0 aliphatic carbocycles. The minimum atomic E-state index is -0.454. The number of rotatable bonds is 1. The van der Waals surface area contributed by atoms with Crippen molar-refractivity contribution in [2.75, 3.05) is 14.1 Å². The maximum atomic E-state index is 10.4. The van der Waals surface area contributed by atoms with E-state index in [2.05, 4.69) is 0 Å². The molecule has 0 bridgehead atoms. The molecule has 0 radical (unpaired) electrons. The number of carbonyl (C=O) groups excluding carboxylic acids is 2. The Morgan fingerprint density at radius 1 is 1.25 bits per heavy atom. The Kier molecular flexibility index (Phi) is 2.19. The molecule has 0 heterocycles. The van der Waals surface area contributed by atoms with Crippen molar-refractivity contribution >= 4 is 11.7 Å². The molecular weight excluding hydrogens is 108 g/mol. The van der Waals surface area contributed by atoms with Crippen molar-refractivity contribution in [3.05, 3.63) is 0 Å². The van der Waals surface area contributed by atoms with Gasteiger partial charge in [0.15, 0.2) is 0 Å². The first-order valence-electron chi connectivity index (χ1n) is 2.28. The minimum Gasteiger partial charge on any atom is -0.342 e. The number of Topliss-reactive ketones (excluding diaryl/α,β-unsaturated/α-hetero) is 1. The summed E-state index contributed by atoms with van der Waals surface area (Å²) in [5.41, 5.74) is 0. The Morgan fingerprint density at radius 3 is 1.62 bits per heavy atom. The lowest BCUT2D eigenvalue weighted by Crippen LogP contribution is -2.27. The Hall–Kier alpha value is -0.860. The minimum absolute atomic E-state index is 0.421. The predicted octanol–water partition coefficient (Wildman–Crippen LogP) is -0.336. The van der Waals surface area contributed by atoms with Gasteiger partial charge < -0.3 is 4.90 Å². The van der Waals surface area contributed by atoms with Gasteiger partial charge in [-0.3, -0.25) is 9.59 Å². The van der Waals surface area contributed by atoms with Crippen LogP contribution < -0.4 is 0 Å². The van der Waals surface area contributed by atoms with Gasteiger partial charge in [-0.15, -0.1) is 0 Å². The van der Waals surface area contributed by atoms with Crippen LogP contribution in [0.25, 0.3) is 0 Å². The van der Waals surface area contributed by atoms with Crippen molar-refractivity contribution in [1.29, 1.82) is 0 Å². The van der Waals surface area contributed by atoms with E-state index in [1.165, 1.54) is 11.8 Å². The normalized spacial score (nSPS) is 8.38. The average molecular weight is 117 g/mol. The molecule has 46 valence electrons. The smallest absolute Gasteiger partial charge is 0.289 e. The Balaban J connectivity index is 3.84. The van der Waals surface area contributed by atoms with Crippen LogP contribution in [-0.2, 0) is 9.59 Å². The van der Waals surface area contributed by atoms with Gasteiger partial charge in [-0.2, -0.15) is 0 Å². The summed E-state index contributed by atoms with van der Waals surface area (Å²) in [6, 6.07) is 0. The fourth-order valence-corrected chi connectivity index (χ4v) is 0.315. The van der Waals surface area contributed by atoms with Crippen LogP contribution in [0.1, 0.15) is 6.92 Å². The van der Waals surface area contributed by atoms with Gasteiger partial charge in [-0.05, 0) is 0 Å². The van der Waals surface area contributed by atoms with Gasteiger partial charge >= 0.3 is 0 Å². The van der Waals surface area contributed by atoms with E-state index < -0.39 is 11.7 Å². The summed E-state index contributed by atoms with van der Waals surface area (Å²) in [7, 11) is 3.09. The highest BCUT2D eigenvalue weighted by molar-refractivity contribution is 6.34. The highest BCUT2D eigenvalue weighted by Crippen LogP contribution is 1.77. The van der Waals surface area contributed by atoms with Gasteiger partial charge in [0.05, 0.1) is 0 Å². The second-order valence-electron chi connectivity index (χ2n) is 1.76. The topological polar surface area (TPSA) is 37.4 Å². The highest BCUT2D eigenvalue weighted by atomic mass is 16.2. The average Bonchev–Trinajstić information content (AvgIpc) is 1.64. The van der Waals surface area contributed by atoms with E-state index in [0.29, 0.717) is 0 Å². The van der Waals surface area contributed by atoms with Gasteiger partial charge in [-0.1, -0.05) is 0 Å². The SMILES string of the molecule is CC(=O)C(=O)N([13CH3])[13CH3]. The lowest BCUT2D eigenvalue weighted by molar-refractivity contribution is -0.141. The first kappa shape index (κ1) is 7.14. The second kappa shape index (κ2) is 2.45. The first-order valence-corrected chi connectivity index (χ1v) is 2.28. The number of amides is 1. The zero-order valence-corrected chi connectivity index (χ0v) is 5.26. The first-order chi connectivity index (χ1) is 3.55. The van der Waals surface area contributed by atoms with Crippen LogP contribution in [0, 0.1) is 0 Å². The molecular formula is C5H9NO2. The van der Waals surface area contributed by atoms with E-state index >= 15 is 0 Å². The molecule has 0 N–H and O–H groups in total. The molecule has 1 amide bonds. The molecule has 0 saturated carbocycles. The van der Waals surface area contributed by atoms with Gasteiger partial charge in [0, 0.05) is 21.0 Å². The lowest BCUT2D eigenvalue weighted by Gasteiger charge is -2.04. The summed E-state index contributed by atoms with van der Waals surface area (Å²) in [5.74, 6) is -0.875. The van der Waals surface area contributed by atoms with Crippen LogP contribution in [-0.4, -0.2) is 30.7 Å². The van der Waals surface area contributed by atoms with Crippen LogP contribution >= 0.6 is 0 Å². The third-order valence-electron chi connectivity index (χ3n) is 0.707. The number of nitrogens with zero attached hydrogens (tertiary/aromatic N) is 1. The van der Waals surface area contributed by atoms with Crippen LogP contribution in [0.3, 0.4) is 0 Å². The molecule has 0 fully saturated rings. The number of hydrogen-bond donors (Lipinski definition) is 0. The zero-order valence-electron chi connectivity index (χ0n) is 5.26. The molecule has 0 aromatic heterocycles. The molecule has 0 atom stereocenters. The zero-order chi connectivity index (χ0) is 6.73. The van der Waals surface area contributed by atoms with E-state index in [9.17, 15) is 9.59 Å². The predicted molar refractivity (Wildman–Crippen MR) is 29.4 cm³/mol. The quantitative estimate of drug-likeness (QED) is 0.348.